The summed E-state index contributed by atoms with van der Waals surface area (Å²) < 4.78 is 9.42. The fourth-order valence-electron chi connectivity index (χ4n) is 0.671. The standard InChI is InChI=1S/C6H12B2O4/c1-11-8-12-5-3-2-4-7-6(9)10/h2-5H2,1H3,(H,9,10). The van der Waals surface area contributed by atoms with Gasteiger partial charge in [-0.1, -0.05) is 12.7 Å². The molecule has 0 saturated heterocycles. The Kier molecular flexibility index (Phi) is 8.27. The summed E-state index contributed by atoms with van der Waals surface area (Å²) in [5.74, 6) is -0.862. The van der Waals surface area contributed by atoms with Crippen molar-refractivity contribution in [1.82, 2.24) is 0 Å². The van der Waals surface area contributed by atoms with E-state index < -0.39 is 5.87 Å². The molecule has 0 atom stereocenters. The Bertz CT molecular complexity index is 120. The van der Waals surface area contributed by atoms with Gasteiger partial charge in [-0.05, 0) is 6.42 Å². The molecule has 2 radical (unpaired) electrons. The Morgan fingerprint density at radius 2 is 2.25 bits per heavy atom. The van der Waals surface area contributed by atoms with Crippen LogP contribution in [-0.2, 0) is 9.31 Å². The van der Waals surface area contributed by atoms with Gasteiger partial charge in [-0.2, -0.15) is 0 Å². The number of hydrogen-bond acceptors (Lipinski definition) is 3. The summed E-state index contributed by atoms with van der Waals surface area (Å²) in [6.45, 7) is 0.571. The lowest BCUT2D eigenvalue weighted by atomic mass is 9.73. The Morgan fingerprint density at radius 3 is 2.83 bits per heavy atom. The minimum atomic E-state index is -0.862. The second-order valence-electron chi connectivity index (χ2n) is 2.24. The molecule has 0 unspecified atom stereocenters. The largest absolute Gasteiger partial charge is 0.490 e. The van der Waals surface area contributed by atoms with E-state index in [1.807, 2.05) is 0 Å². The first-order valence-electron chi connectivity index (χ1n) is 3.79. The third-order valence-corrected chi connectivity index (χ3v) is 1.20. The predicted molar refractivity (Wildman–Crippen MR) is 46.5 cm³/mol. The van der Waals surface area contributed by atoms with E-state index in [4.69, 9.17) is 9.76 Å². The van der Waals surface area contributed by atoms with Crippen molar-refractivity contribution in [2.24, 2.45) is 0 Å². The van der Waals surface area contributed by atoms with Crippen LogP contribution in [0.5, 0.6) is 0 Å². The van der Waals surface area contributed by atoms with Gasteiger partial charge in [-0.25, -0.2) is 0 Å². The van der Waals surface area contributed by atoms with Gasteiger partial charge in [0.15, 0.2) is 0 Å². The van der Waals surface area contributed by atoms with Crippen molar-refractivity contribution in [1.29, 1.82) is 0 Å². The minimum absolute atomic E-state index is 0.571. The van der Waals surface area contributed by atoms with Crippen molar-refractivity contribution in [3.8, 4) is 0 Å². The normalized spacial score (nSPS) is 9.42. The number of hydrogen-bond donors (Lipinski definition) is 1. The lowest BCUT2D eigenvalue weighted by Crippen LogP contribution is -2.06. The first-order chi connectivity index (χ1) is 5.77. The maximum atomic E-state index is 10.0. The van der Waals surface area contributed by atoms with Crippen molar-refractivity contribution < 1.29 is 19.2 Å². The monoisotopic (exact) mass is 170 g/mol. The molecule has 0 rings (SSSR count). The van der Waals surface area contributed by atoms with Gasteiger partial charge in [0.25, 0.3) is 7.28 Å². The summed E-state index contributed by atoms with van der Waals surface area (Å²) in [5, 5.41) is 8.24. The van der Waals surface area contributed by atoms with Crippen LogP contribution >= 0.6 is 0 Å². The molecule has 6 heteroatoms. The molecular weight excluding hydrogens is 158 g/mol. The average molecular weight is 170 g/mol. The quantitative estimate of drug-likeness (QED) is 0.431. The van der Waals surface area contributed by atoms with Gasteiger partial charge in [0.2, 0.25) is 5.87 Å². The van der Waals surface area contributed by atoms with Crippen LogP contribution in [0.2, 0.25) is 6.32 Å². The van der Waals surface area contributed by atoms with Gasteiger partial charge in [0.1, 0.15) is 0 Å². The highest BCUT2D eigenvalue weighted by Crippen LogP contribution is 1.95. The lowest BCUT2D eigenvalue weighted by Gasteiger charge is -1.99. The van der Waals surface area contributed by atoms with E-state index in [0.29, 0.717) is 12.9 Å². The molecule has 0 heterocycles. The molecule has 66 valence electrons. The molecule has 0 aliphatic rings. The van der Waals surface area contributed by atoms with Gasteiger partial charge < -0.3 is 14.4 Å². The molecule has 0 aromatic carbocycles. The SMILES string of the molecule is CO[B]OCCCC[B]C(=O)O. The van der Waals surface area contributed by atoms with Crippen LogP contribution < -0.4 is 0 Å². The highest BCUT2D eigenvalue weighted by atomic mass is 16.6. The van der Waals surface area contributed by atoms with Gasteiger partial charge in [0.05, 0.1) is 0 Å². The molecule has 0 aliphatic carbocycles. The van der Waals surface area contributed by atoms with Crippen molar-refractivity contribution in [3.05, 3.63) is 0 Å². The van der Waals surface area contributed by atoms with Gasteiger partial charge in [0, 0.05) is 13.7 Å². The molecule has 4 nitrogen and oxygen atoms in total. The van der Waals surface area contributed by atoms with E-state index in [9.17, 15) is 4.79 Å². The number of unbranched alkanes of at least 4 members (excludes halogenated alkanes) is 1. The molecule has 0 saturated carbocycles. The zero-order chi connectivity index (χ0) is 9.23. The summed E-state index contributed by atoms with van der Waals surface area (Å²) in [6, 6.07) is 0. The molecule has 0 fully saturated rings. The predicted octanol–water partition coefficient (Wildman–Crippen LogP) is 0.764. The van der Waals surface area contributed by atoms with Gasteiger partial charge >= 0.3 is 7.69 Å². The van der Waals surface area contributed by atoms with Crippen LogP contribution in [0, 0.1) is 0 Å². The smallest absolute Gasteiger partial charge is 0.487 e. The summed E-state index contributed by atoms with van der Waals surface area (Å²) >= 11 is 0. The summed E-state index contributed by atoms with van der Waals surface area (Å²) in [4.78, 5) is 10.0. The second kappa shape index (κ2) is 8.61. The fraction of sp³-hybridized carbons (Fsp3) is 0.833. The molecular formula is C6H12B2O4. The van der Waals surface area contributed by atoms with Crippen molar-refractivity contribution >= 4 is 20.8 Å². The molecule has 1 N–H and O–H groups in total. The van der Waals surface area contributed by atoms with Crippen LogP contribution in [0.1, 0.15) is 12.8 Å². The second-order valence-corrected chi connectivity index (χ2v) is 2.24. The first kappa shape index (κ1) is 11.5. The maximum Gasteiger partial charge on any atom is 0.487 e. The molecule has 0 aromatic rings. The van der Waals surface area contributed by atoms with Crippen molar-refractivity contribution in [2.45, 2.75) is 19.2 Å². The topological polar surface area (TPSA) is 55.8 Å². The third-order valence-electron chi connectivity index (χ3n) is 1.20. The molecule has 0 amide bonds. The van der Waals surface area contributed by atoms with E-state index in [-0.39, 0.29) is 0 Å². The number of rotatable bonds is 8. The lowest BCUT2D eigenvalue weighted by molar-refractivity contribution is 0.219. The van der Waals surface area contributed by atoms with Crippen LogP contribution in [0.3, 0.4) is 0 Å². The molecule has 0 bridgehead atoms. The Balaban J connectivity index is 2.86. The highest BCUT2D eigenvalue weighted by Gasteiger charge is 1.99. The first-order valence-corrected chi connectivity index (χ1v) is 3.79. The Labute approximate surface area is 73.8 Å². The van der Waals surface area contributed by atoms with E-state index >= 15 is 0 Å². The fourth-order valence-corrected chi connectivity index (χ4v) is 0.671. The number of carboxylic acid groups (broad SMARTS) is 1. The van der Waals surface area contributed by atoms with E-state index in [2.05, 4.69) is 4.65 Å². The molecule has 0 aliphatic heterocycles. The molecule has 0 aromatic heterocycles. The van der Waals surface area contributed by atoms with Crippen LogP contribution in [0.15, 0.2) is 0 Å². The number of carbonyl (C=O) groups is 1. The molecule has 0 spiro atoms. The Morgan fingerprint density at radius 1 is 1.50 bits per heavy atom. The maximum absolute atomic E-state index is 10.0. The zero-order valence-corrected chi connectivity index (χ0v) is 7.16. The van der Waals surface area contributed by atoms with Crippen molar-refractivity contribution in [3.63, 3.8) is 0 Å². The van der Waals surface area contributed by atoms with E-state index in [0.717, 1.165) is 12.8 Å². The van der Waals surface area contributed by atoms with Gasteiger partial charge in [-0.3, -0.25) is 4.79 Å². The van der Waals surface area contributed by atoms with Gasteiger partial charge in [-0.15, -0.1) is 0 Å². The molecule has 12 heavy (non-hydrogen) atoms. The van der Waals surface area contributed by atoms with E-state index in [1.165, 1.54) is 22.1 Å². The van der Waals surface area contributed by atoms with Crippen LogP contribution in [-0.4, -0.2) is 39.7 Å². The summed E-state index contributed by atoms with van der Waals surface area (Å²) in [7, 11) is 4.03. The Hall–Kier alpha value is -0.480. The van der Waals surface area contributed by atoms with Crippen LogP contribution in [0.4, 0.5) is 4.79 Å². The zero-order valence-electron chi connectivity index (χ0n) is 7.16. The van der Waals surface area contributed by atoms with Crippen molar-refractivity contribution in [2.75, 3.05) is 13.7 Å². The summed E-state index contributed by atoms with van der Waals surface area (Å²) in [6.07, 6.45) is 2.25. The summed E-state index contributed by atoms with van der Waals surface area (Å²) in [5.41, 5.74) is 0. The highest BCUT2D eigenvalue weighted by molar-refractivity contribution is 6.71. The van der Waals surface area contributed by atoms with Crippen LogP contribution in [0.25, 0.3) is 0 Å². The average Bonchev–Trinajstić information content (AvgIpc) is 2.02. The third kappa shape index (κ3) is 9.52. The van der Waals surface area contributed by atoms with E-state index in [1.54, 1.807) is 0 Å². The minimum Gasteiger partial charge on any atom is -0.490 e.